The first-order valence-corrected chi connectivity index (χ1v) is 9.72. The zero-order valence-corrected chi connectivity index (χ0v) is 16.4. The monoisotopic (exact) mass is 377 g/mol. The van der Waals surface area contributed by atoms with Gasteiger partial charge in [0.1, 0.15) is 19.4 Å². The summed E-state index contributed by atoms with van der Waals surface area (Å²) in [5.41, 5.74) is 1.19. The summed E-state index contributed by atoms with van der Waals surface area (Å²) in [7, 11) is 0. The van der Waals surface area contributed by atoms with Crippen LogP contribution in [0.15, 0.2) is 24.3 Å². The number of rotatable bonds is 14. The molecule has 0 unspecified atom stereocenters. The van der Waals surface area contributed by atoms with Crippen molar-refractivity contribution in [2.75, 3.05) is 31.2 Å². The highest BCUT2D eigenvalue weighted by Crippen LogP contribution is 2.15. The van der Waals surface area contributed by atoms with Gasteiger partial charge in [0.2, 0.25) is 0 Å². The highest BCUT2D eigenvalue weighted by molar-refractivity contribution is 5.82. The maximum atomic E-state index is 12.1. The summed E-state index contributed by atoms with van der Waals surface area (Å²) in [6.07, 6.45) is 6.53. The molecule has 0 aromatic heterocycles. The molecule has 1 aromatic carbocycles. The Morgan fingerprint density at radius 2 is 1.33 bits per heavy atom. The molecule has 0 saturated heterocycles. The summed E-state index contributed by atoms with van der Waals surface area (Å²) >= 11 is 0. The van der Waals surface area contributed by atoms with Gasteiger partial charge in [0.05, 0.1) is 13.2 Å². The molecule has 0 aliphatic rings. The Labute approximate surface area is 161 Å². The molecular formula is C21H31NO5. The van der Waals surface area contributed by atoms with Crippen molar-refractivity contribution in [2.45, 2.75) is 52.4 Å². The van der Waals surface area contributed by atoms with E-state index in [1.165, 1.54) is 0 Å². The number of carbonyl (C=O) groups excluding carboxylic acids is 3. The lowest BCUT2D eigenvalue weighted by atomic mass is 10.2. The smallest absolute Gasteiger partial charge is 0.325 e. The zero-order valence-electron chi connectivity index (χ0n) is 16.4. The number of nitrogens with zero attached hydrogens (tertiary/aromatic N) is 1. The first kappa shape index (κ1) is 22.7. The van der Waals surface area contributed by atoms with Crippen molar-refractivity contribution in [3.63, 3.8) is 0 Å². The summed E-state index contributed by atoms with van der Waals surface area (Å²) in [5.74, 6) is -0.770. The van der Waals surface area contributed by atoms with Crippen molar-refractivity contribution in [1.82, 2.24) is 0 Å². The van der Waals surface area contributed by atoms with E-state index >= 15 is 0 Å². The van der Waals surface area contributed by atoms with Gasteiger partial charge in [-0.15, -0.1) is 0 Å². The van der Waals surface area contributed by atoms with Crippen molar-refractivity contribution < 1.29 is 23.9 Å². The van der Waals surface area contributed by atoms with Crippen LogP contribution < -0.4 is 4.90 Å². The van der Waals surface area contributed by atoms with E-state index in [4.69, 9.17) is 9.47 Å². The number of carbonyl (C=O) groups is 3. The lowest BCUT2D eigenvalue weighted by molar-refractivity contribution is -0.143. The van der Waals surface area contributed by atoms with Crippen LogP contribution in [0.25, 0.3) is 0 Å². The van der Waals surface area contributed by atoms with Crippen molar-refractivity contribution in [3.05, 3.63) is 29.8 Å². The average molecular weight is 377 g/mol. The highest BCUT2D eigenvalue weighted by atomic mass is 16.5. The van der Waals surface area contributed by atoms with Crippen LogP contribution in [-0.4, -0.2) is 44.5 Å². The molecule has 150 valence electrons. The van der Waals surface area contributed by atoms with Crippen LogP contribution in [0.1, 0.15) is 62.7 Å². The van der Waals surface area contributed by atoms with Gasteiger partial charge in [0.25, 0.3) is 0 Å². The Hall–Kier alpha value is -2.37. The Morgan fingerprint density at radius 3 is 1.74 bits per heavy atom. The first-order valence-electron chi connectivity index (χ1n) is 9.72. The molecule has 0 N–H and O–H groups in total. The van der Waals surface area contributed by atoms with Crippen molar-refractivity contribution in [2.24, 2.45) is 0 Å². The SMILES string of the molecule is CCCCCOC(=O)CN(CC(=O)OCCCCC)c1ccc(C=O)cc1. The number of benzene rings is 1. The maximum absolute atomic E-state index is 12.1. The fourth-order valence-corrected chi connectivity index (χ4v) is 2.48. The van der Waals surface area contributed by atoms with Crippen LogP contribution in [0.4, 0.5) is 5.69 Å². The predicted octanol–water partition coefficient (Wildman–Crippen LogP) is 3.77. The second-order valence-corrected chi connectivity index (χ2v) is 6.42. The minimum Gasteiger partial charge on any atom is -0.464 e. The summed E-state index contributed by atoms with van der Waals surface area (Å²) in [6, 6.07) is 6.71. The lowest BCUT2D eigenvalue weighted by Crippen LogP contribution is -2.36. The molecule has 27 heavy (non-hydrogen) atoms. The highest BCUT2D eigenvalue weighted by Gasteiger charge is 2.17. The van der Waals surface area contributed by atoms with E-state index in [1.54, 1.807) is 29.2 Å². The van der Waals surface area contributed by atoms with Crippen molar-refractivity contribution in [3.8, 4) is 0 Å². The standard InChI is InChI=1S/C21H31NO5/c1-3-5-7-13-26-20(24)15-22(16-21(25)27-14-8-6-4-2)19-11-9-18(17-23)10-12-19/h9-12,17H,3-8,13-16H2,1-2H3. The molecule has 0 spiro atoms. The summed E-state index contributed by atoms with van der Waals surface area (Å²) < 4.78 is 10.5. The van der Waals surface area contributed by atoms with Gasteiger partial charge in [0, 0.05) is 11.3 Å². The number of hydrogen-bond donors (Lipinski definition) is 0. The lowest BCUT2D eigenvalue weighted by Gasteiger charge is -2.23. The van der Waals surface area contributed by atoms with Crippen molar-refractivity contribution in [1.29, 1.82) is 0 Å². The molecule has 0 bridgehead atoms. The first-order chi connectivity index (χ1) is 13.1. The molecular weight excluding hydrogens is 346 g/mol. The number of aldehydes is 1. The van der Waals surface area contributed by atoms with Gasteiger partial charge in [-0.25, -0.2) is 0 Å². The number of anilines is 1. The number of hydrogen-bond acceptors (Lipinski definition) is 6. The van der Waals surface area contributed by atoms with Gasteiger partial charge in [-0.1, -0.05) is 39.5 Å². The van der Waals surface area contributed by atoms with Crippen LogP contribution in [0, 0.1) is 0 Å². The second kappa shape index (κ2) is 13.8. The molecule has 0 amide bonds. The van der Waals surface area contributed by atoms with E-state index in [2.05, 4.69) is 13.8 Å². The van der Waals surface area contributed by atoms with Crippen LogP contribution in [0.2, 0.25) is 0 Å². The van der Waals surface area contributed by atoms with E-state index in [0.717, 1.165) is 44.8 Å². The summed E-state index contributed by atoms with van der Waals surface area (Å²) in [6.45, 7) is 4.84. The average Bonchev–Trinajstić information content (AvgIpc) is 2.68. The van der Waals surface area contributed by atoms with E-state index in [0.29, 0.717) is 24.5 Å². The molecule has 6 nitrogen and oxygen atoms in total. The number of ether oxygens (including phenoxy) is 2. The zero-order chi connectivity index (χ0) is 19.9. The van der Waals surface area contributed by atoms with E-state index in [-0.39, 0.29) is 25.0 Å². The molecule has 0 aliphatic heterocycles. The van der Waals surface area contributed by atoms with Crippen LogP contribution in [0.5, 0.6) is 0 Å². The summed E-state index contributed by atoms with van der Waals surface area (Å²) in [4.78, 5) is 36.7. The fraction of sp³-hybridized carbons (Fsp3) is 0.571. The minimum atomic E-state index is -0.385. The van der Waals surface area contributed by atoms with Gasteiger partial charge in [0.15, 0.2) is 0 Å². The second-order valence-electron chi connectivity index (χ2n) is 6.42. The largest absolute Gasteiger partial charge is 0.464 e. The van der Waals surface area contributed by atoms with Gasteiger partial charge < -0.3 is 14.4 Å². The third kappa shape index (κ3) is 9.78. The van der Waals surface area contributed by atoms with E-state index < -0.39 is 0 Å². The predicted molar refractivity (Wildman–Crippen MR) is 105 cm³/mol. The molecule has 0 radical (unpaired) electrons. The molecule has 0 fully saturated rings. The Morgan fingerprint density at radius 1 is 0.852 bits per heavy atom. The molecule has 0 heterocycles. The Kier molecular flexibility index (Phi) is 11.6. The van der Waals surface area contributed by atoms with Crippen LogP contribution >= 0.6 is 0 Å². The third-order valence-corrected chi connectivity index (χ3v) is 4.06. The number of unbranched alkanes of at least 4 members (excludes halogenated alkanes) is 4. The van der Waals surface area contributed by atoms with Gasteiger partial charge in [-0.05, 0) is 37.1 Å². The molecule has 1 aromatic rings. The Balaban J connectivity index is 2.66. The maximum Gasteiger partial charge on any atom is 0.325 e. The Bertz CT molecular complexity index is 544. The fourth-order valence-electron chi connectivity index (χ4n) is 2.48. The molecule has 6 heteroatoms. The minimum absolute atomic E-state index is 0.0450. The van der Waals surface area contributed by atoms with Gasteiger partial charge >= 0.3 is 11.9 Å². The topological polar surface area (TPSA) is 72.9 Å². The van der Waals surface area contributed by atoms with Crippen LogP contribution in [0.3, 0.4) is 0 Å². The normalized spacial score (nSPS) is 10.3. The van der Waals surface area contributed by atoms with Crippen LogP contribution in [-0.2, 0) is 19.1 Å². The van der Waals surface area contributed by atoms with Gasteiger partial charge in [-0.2, -0.15) is 0 Å². The van der Waals surface area contributed by atoms with E-state index in [9.17, 15) is 14.4 Å². The molecule has 0 atom stereocenters. The van der Waals surface area contributed by atoms with E-state index in [1.807, 2.05) is 0 Å². The quantitative estimate of drug-likeness (QED) is 0.279. The molecule has 0 saturated carbocycles. The third-order valence-electron chi connectivity index (χ3n) is 4.06. The number of esters is 2. The molecule has 1 rings (SSSR count). The van der Waals surface area contributed by atoms with Gasteiger partial charge in [-0.3, -0.25) is 14.4 Å². The summed E-state index contributed by atoms with van der Waals surface area (Å²) in [5, 5.41) is 0. The molecule has 0 aliphatic carbocycles. The van der Waals surface area contributed by atoms with Crippen molar-refractivity contribution >= 4 is 23.9 Å².